The first-order chi connectivity index (χ1) is 6.94. The van der Waals surface area contributed by atoms with E-state index >= 15 is 0 Å². The maximum atomic E-state index is 11.3. The Morgan fingerprint density at radius 2 is 2.13 bits per heavy atom. The topological polar surface area (TPSA) is 83.5 Å². The monoisotopic (exact) mass is 235 g/mol. The predicted octanol–water partition coefficient (Wildman–Crippen LogP) is 0.569. The molecule has 1 aliphatic rings. The normalized spacial score (nSPS) is 27.5. The molecule has 0 radical (unpaired) electrons. The van der Waals surface area contributed by atoms with E-state index in [4.69, 9.17) is 5.11 Å². The van der Waals surface area contributed by atoms with E-state index < -0.39 is 21.9 Å². The molecule has 0 spiro atoms. The van der Waals surface area contributed by atoms with Gasteiger partial charge in [-0.15, -0.1) is 0 Å². The molecule has 1 fully saturated rings. The van der Waals surface area contributed by atoms with Gasteiger partial charge in [-0.1, -0.05) is 6.42 Å². The van der Waals surface area contributed by atoms with Crippen molar-refractivity contribution in [1.82, 2.24) is 4.72 Å². The fourth-order valence-electron chi connectivity index (χ4n) is 1.86. The minimum atomic E-state index is -3.21. The van der Waals surface area contributed by atoms with Gasteiger partial charge in [0.25, 0.3) is 0 Å². The van der Waals surface area contributed by atoms with Crippen molar-refractivity contribution in [2.24, 2.45) is 5.92 Å². The lowest BCUT2D eigenvalue weighted by molar-refractivity contribution is -0.143. The Bertz CT molecular complexity index is 325. The third kappa shape index (κ3) is 3.79. The zero-order valence-corrected chi connectivity index (χ0v) is 9.59. The number of rotatable bonds is 4. The number of aliphatic carboxylic acids is 1. The van der Waals surface area contributed by atoms with Crippen LogP contribution in [0.25, 0.3) is 0 Å². The quantitative estimate of drug-likeness (QED) is 0.746. The third-order valence-corrected chi connectivity index (χ3v) is 4.20. The summed E-state index contributed by atoms with van der Waals surface area (Å²) >= 11 is 0. The van der Waals surface area contributed by atoms with Crippen LogP contribution >= 0.6 is 0 Å². The van der Waals surface area contributed by atoms with Gasteiger partial charge in [-0.2, -0.15) is 0 Å². The Balaban J connectivity index is 2.54. The zero-order chi connectivity index (χ0) is 11.5. The van der Waals surface area contributed by atoms with Gasteiger partial charge in [-0.25, -0.2) is 13.1 Å². The molecule has 0 heterocycles. The summed E-state index contributed by atoms with van der Waals surface area (Å²) in [5.41, 5.74) is 0. The summed E-state index contributed by atoms with van der Waals surface area (Å²) < 4.78 is 25.1. The van der Waals surface area contributed by atoms with E-state index in [9.17, 15) is 13.2 Å². The highest BCUT2D eigenvalue weighted by molar-refractivity contribution is 7.89. The van der Waals surface area contributed by atoms with Gasteiger partial charge in [-0.05, 0) is 26.2 Å². The second kappa shape index (κ2) is 4.94. The van der Waals surface area contributed by atoms with Crippen molar-refractivity contribution in [3.05, 3.63) is 0 Å². The molecular formula is C9H17NO4S. The van der Waals surface area contributed by atoms with Crippen LogP contribution in [0, 0.1) is 5.92 Å². The number of hydrogen-bond acceptors (Lipinski definition) is 3. The summed E-state index contributed by atoms with van der Waals surface area (Å²) in [6, 6.07) is -0.204. The average Bonchev–Trinajstić information content (AvgIpc) is 2.17. The van der Waals surface area contributed by atoms with Crippen molar-refractivity contribution >= 4 is 16.0 Å². The Hall–Kier alpha value is -0.620. The van der Waals surface area contributed by atoms with Gasteiger partial charge in [0.15, 0.2) is 0 Å². The molecule has 88 valence electrons. The van der Waals surface area contributed by atoms with E-state index in [1.54, 1.807) is 6.92 Å². The standard InChI is InChI=1S/C9H17NO4S/c1-2-15(13,14)10-8-5-3-4-7(6-8)9(11)12/h7-8,10H,2-6H2,1H3,(H,11,12)/t7-,8-/m1/s1. The van der Waals surface area contributed by atoms with Gasteiger partial charge < -0.3 is 5.11 Å². The highest BCUT2D eigenvalue weighted by Crippen LogP contribution is 2.24. The molecule has 15 heavy (non-hydrogen) atoms. The lowest BCUT2D eigenvalue weighted by Gasteiger charge is -2.26. The predicted molar refractivity (Wildman–Crippen MR) is 56.0 cm³/mol. The highest BCUT2D eigenvalue weighted by Gasteiger charge is 2.28. The van der Waals surface area contributed by atoms with Crippen molar-refractivity contribution in [3.8, 4) is 0 Å². The van der Waals surface area contributed by atoms with Crippen molar-refractivity contribution in [2.75, 3.05) is 5.75 Å². The molecule has 1 rings (SSSR count). The summed E-state index contributed by atoms with van der Waals surface area (Å²) in [6.07, 6.45) is 2.57. The molecule has 2 atom stereocenters. The molecule has 0 aromatic carbocycles. The first-order valence-electron chi connectivity index (χ1n) is 5.17. The van der Waals surface area contributed by atoms with Crippen molar-refractivity contribution in [2.45, 2.75) is 38.6 Å². The maximum absolute atomic E-state index is 11.3. The second-order valence-corrected chi connectivity index (χ2v) is 5.96. The summed E-state index contributed by atoms with van der Waals surface area (Å²) in [6.45, 7) is 1.57. The molecule has 6 heteroatoms. The van der Waals surface area contributed by atoms with E-state index in [1.165, 1.54) is 0 Å². The van der Waals surface area contributed by atoms with Crippen LogP contribution in [0.5, 0.6) is 0 Å². The number of carboxylic acid groups (broad SMARTS) is 1. The average molecular weight is 235 g/mol. The maximum Gasteiger partial charge on any atom is 0.306 e. The fourth-order valence-corrected chi connectivity index (χ4v) is 2.75. The molecule has 0 aromatic heterocycles. The van der Waals surface area contributed by atoms with E-state index in [0.29, 0.717) is 12.8 Å². The van der Waals surface area contributed by atoms with Gasteiger partial charge in [0.05, 0.1) is 11.7 Å². The molecule has 0 saturated heterocycles. The lowest BCUT2D eigenvalue weighted by atomic mass is 9.86. The number of sulfonamides is 1. The second-order valence-electron chi connectivity index (χ2n) is 3.92. The van der Waals surface area contributed by atoms with Gasteiger partial charge in [0.1, 0.15) is 0 Å². The highest BCUT2D eigenvalue weighted by atomic mass is 32.2. The van der Waals surface area contributed by atoms with Gasteiger partial charge in [-0.3, -0.25) is 4.79 Å². The van der Waals surface area contributed by atoms with Crippen LogP contribution in [0.15, 0.2) is 0 Å². The molecule has 2 N–H and O–H groups in total. The van der Waals surface area contributed by atoms with Crippen LogP contribution in [-0.2, 0) is 14.8 Å². The van der Waals surface area contributed by atoms with E-state index in [-0.39, 0.29) is 11.8 Å². The minimum absolute atomic E-state index is 0.0429. The summed E-state index contributed by atoms with van der Waals surface area (Å²) in [5, 5.41) is 8.83. The van der Waals surface area contributed by atoms with Crippen molar-refractivity contribution in [3.63, 3.8) is 0 Å². The van der Waals surface area contributed by atoms with Gasteiger partial charge in [0, 0.05) is 6.04 Å². The molecule has 1 aliphatic carbocycles. The Morgan fingerprint density at radius 1 is 1.47 bits per heavy atom. The molecule has 5 nitrogen and oxygen atoms in total. The molecule has 0 aromatic rings. The fraction of sp³-hybridized carbons (Fsp3) is 0.889. The Labute approximate surface area is 89.9 Å². The van der Waals surface area contributed by atoms with Gasteiger partial charge >= 0.3 is 5.97 Å². The third-order valence-electron chi connectivity index (χ3n) is 2.75. The molecule has 0 bridgehead atoms. The van der Waals surface area contributed by atoms with Crippen LogP contribution in [0.2, 0.25) is 0 Å². The first kappa shape index (κ1) is 12.4. The molecule has 1 saturated carbocycles. The molecule has 0 aliphatic heterocycles. The SMILES string of the molecule is CCS(=O)(=O)N[C@@H]1CCC[C@@H](C(=O)O)C1. The van der Waals surface area contributed by atoms with Crippen LogP contribution in [0.3, 0.4) is 0 Å². The Kier molecular flexibility index (Phi) is 4.10. The van der Waals surface area contributed by atoms with Gasteiger partial charge in [0.2, 0.25) is 10.0 Å². The number of carbonyl (C=O) groups is 1. The largest absolute Gasteiger partial charge is 0.481 e. The van der Waals surface area contributed by atoms with Crippen LogP contribution < -0.4 is 4.72 Å². The number of hydrogen-bond donors (Lipinski definition) is 2. The van der Waals surface area contributed by atoms with E-state index in [1.807, 2.05) is 0 Å². The zero-order valence-electron chi connectivity index (χ0n) is 8.77. The number of nitrogens with one attached hydrogen (secondary N) is 1. The molecule has 0 amide bonds. The minimum Gasteiger partial charge on any atom is -0.481 e. The number of carboxylic acids is 1. The first-order valence-corrected chi connectivity index (χ1v) is 6.82. The van der Waals surface area contributed by atoms with Crippen LogP contribution in [-0.4, -0.2) is 31.3 Å². The lowest BCUT2D eigenvalue weighted by Crippen LogP contribution is -2.40. The van der Waals surface area contributed by atoms with E-state index in [2.05, 4.69) is 4.72 Å². The van der Waals surface area contributed by atoms with Crippen molar-refractivity contribution in [1.29, 1.82) is 0 Å². The Morgan fingerprint density at radius 3 is 2.67 bits per heavy atom. The molecule has 0 unspecified atom stereocenters. The summed E-state index contributed by atoms with van der Waals surface area (Å²) in [7, 11) is -3.21. The molecular weight excluding hydrogens is 218 g/mol. The van der Waals surface area contributed by atoms with Crippen LogP contribution in [0.1, 0.15) is 32.6 Å². The summed E-state index contributed by atoms with van der Waals surface area (Å²) in [4.78, 5) is 10.8. The van der Waals surface area contributed by atoms with Crippen LogP contribution in [0.4, 0.5) is 0 Å². The summed E-state index contributed by atoms with van der Waals surface area (Å²) in [5.74, 6) is -1.18. The van der Waals surface area contributed by atoms with E-state index in [0.717, 1.165) is 12.8 Å². The smallest absolute Gasteiger partial charge is 0.306 e. The van der Waals surface area contributed by atoms with Crippen molar-refractivity contribution < 1.29 is 18.3 Å².